The molecule has 1 aromatic rings. The third-order valence-corrected chi connectivity index (χ3v) is 4.89. The number of nitro benzene ring substituents is 1. The molecule has 0 aliphatic rings. The molecule has 0 radical (unpaired) electrons. The first-order valence-electron chi connectivity index (χ1n) is 4.66. The molecule has 0 aliphatic heterocycles. The van der Waals surface area contributed by atoms with Crippen molar-refractivity contribution in [3.05, 3.63) is 39.9 Å². The van der Waals surface area contributed by atoms with Crippen molar-refractivity contribution in [1.82, 2.24) is 4.72 Å². The number of hydrogen-bond donors (Lipinski definition) is 1. The van der Waals surface area contributed by atoms with Crippen molar-refractivity contribution >= 4 is 31.6 Å². The Morgan fingerprint density at radius 2 is 2.18 bits per heavy atom. The Balaban J connectivity index is 2.93. The smallest absolute Gasteiger partial charge is 0.258 e. The zero-order valence-electron chi connectivity index (χ0n) is 8.96. The normalized spacial score (nSPS) is 13.3. The summed E-state index contributed by atoms with van der Waals surface area (Å²) < 4.78 is 24.8. The molecule has 0 heterocycles. The van der Waals surface area contributed by atoms with Gasteiger partial charge in [0.05, 0.1) is 4.92 Å². The van der Waals surface area contributed by atoms with E-state index in [-0.39, 0.29) is 10.3 Å². The maximum Gasteiger partial charge on any atom is 0.269 e. The number of benzene rings is 1. The molecule has 0 fully saturated rings. The molecule has 0 aromatic heterocycles. The number of hydrogen-bond acceptors (Lipinski definition) is 4. The fraction of sp³-hybridized carbons (Fsp3) is 0.333. The largest absolute Gasteiger partial charge is 0.269 e. The summed E-state index contributed by atoms with van der Waals surface area (Å²) in [5, 5.41) is 10.6. The Hall–Kier alpha value is -0.990. The first-order chi connectivity index (χ1) is 7.85. The van der Waals surface area contributed by atoms with Crippen molar-refractivity contribution in [2.24, 2.45) is 0 Å². The number of rotatable bonds is 5. The fourth-order valence-corrected chi connectivity index (χ4v) is 2.41. The lowest BCUT2D eigenvalue weighted by atomic mass is 10.1. The second-order valence-electron chi connectivity index (χ2n) is 3.42. The average Bonchev–Trinajstić information content (AvgIpc) is 2.28. The van der Waals surface area contributed by atoms with E-state index in [0.29, 0.717) is 5.56 Å². The van der Waals surface area contributed by atoms with Gasteiger partial charge in [-0.2, -0.15) is 0 Å². The van der Waals surface area contributed by atoms with Gasteiger partial charge in [0.15, 0.2) is 0 Å². The molecule has 1 atom stereocenters. The molecule has 8 heteroatoms. The minimum absolute atomic E-state index is 0.0626. The molecule has 1 rings (SSSR count). The van der Waals surface area contributed by atoms with E-state index in [1.165, 1.54) is 18.2 Å². The number of halogens is 1. The van der Waals surface area contributed by atoms with E-state index >= 15 is 0 Å². The zero-order valence-corrected chi connectivity index (χ0v) is 11.4. The quantitative estimate of drug-likeness (QED) is 0.509. The van der Waals surface area contributed by atoms with Gasteiger partial charge in [0.2, 0.25) is 10.0 Å². The fourth-order valence-electron chi connectivity index (χ4n) is 1.28. The van der Waals surface area contributed by atoms with E-state index in [9.17, 15) is 18.5 Å². The summed E-state index contributed by atoms with van der Waals surface area (Å²) in [5.74, 6) is 0. The van der Waals surface area contributed by atoms with Crippen LogP contribution in [0.15, 0.2) is 24.3 Å². The molecule has 17 heavy (non-hydrogen) atoms. The Morgan fingerprint density at radius 3 is 2.71 bits per heavy atom. The lowest BCUT2D eigenvalue weighted by Crippen LogP contribution is -2.27. The zero-order chi connectivity index (χ0) is 13.1. The van der Waals surface area contributed by atoms with Gasteiger partial charge in [-0.3, -0.25) is 10.1 Å². The second-order valence-corrected chi connectivity index (χ2v) is 6.47. The van der Waals surface area contributed by atoms with Gasteiger partial charge in [-0.1, -0.05) is 28.1 Å². The van der Waals surface area contributed by atoms with E-state index in [1.54, 1.807) is 13.0 Å². The Bertz CT molecular complexity index is 517. The summed E-state index contributed by atoms with van der Waals surface area (Å²) >= 11 is 2.85. The summed E-state index contributed by atoms with van der Waals surface area (Å²) in [5.41, 5.74) is 0.483. The highest BCUT2D eigenvalue weighted by Gasteiger charge is 2.16. The molecule has 0 aliphatic carbocycles. The molecule has 94 valence electrons. The van der Waals surface area contributed by atoms with Gasteiger partial charge in [0.25, 0.3) is 5.69 Å². The molecule has 0 saturated carbocycles. The molecule has 0 bridgehead atoms. The van der Waals surface area contributed by atoms with Crippen LogP contribution < -0.4 is 4.72 Å². The summed E-state index contributed by atoms with van der Waals surface area (Å²) in [6.07, 6.45) is 0. The van der Waals surface area contributed by atoms with E-state index in [1.807, 2.05) is 0 Å². The van der Waals surface area contributed by atoms with E-state index in [2.05, 4.69) is 20.7 Å². The van der Waals surface area contributed by atoms with E-state index in [4.69, 9.17) is 0 Å². The van der Waals surface area contributed by atoms with Crippen LogP contribution in [0.25, 0.3) is 0 Å². The van der Waals surface area contributed by atoms with Crippen molar-refractivity contribution < 1.29 is 13.3 Å². The molecule has 6 nitrogen and oxygen atoms in total. The van der Waals surface area contributed by atoms with Crippen LogP contribution in [0.5, 0.6) is 0 Å². The summed E-state index contributed by atoms with van der Waals surface area (Å²) in [7, 11) is -3.40. The Labute approximate surface area is 107 Å². The molecule has 0 spiro atoms. The van der Waals surface area contributed by atoms with Crippen molar-refractivity contribution in [2.75, 3.05) is 4.66 Å². The van der Waals surface area contributed by atoms with Gasteiger partial charge >= 0.3 is 0 Å². The van der Waals surface area contributed by atoms with Gasteiger partial charge in [-0.05, 0) is 12.5 Å². The van der Waals surface area contributed by atoms with Gasteiger partial charge in [0.1, 0.15) is 4.66 Å². The number of alkyl halides is 1. The standard InChI is InChI=1S/C9H11BrN2O4S/c1-7(11-17(15,16)6-10)8-3-2-4-9(5-8)12(13)14/h2-5,7,11H,6H2,1H3. The van der Waals surface area contributed by atoms with Crippen molar-refractivity contribution in [2.45, 2.75) is 13.0 Å². The average molecular weight is 323 g/mol. The molecule has 1 aromatic carbocycles. The molecular weight excluding hydrogens is 312 g/mol. The van der Waals surface area contributed by atoms with Crippen LogP contribution in [-0.4, -0.2) is 18.0 Å². The van der Waals surface area contributed by atoms with E-state index < -0.39 is 21.0 Å². The Kier molecular flexibility index (Phi) is 4.61. The summed E-state index contributed by atoms with van der Waals surface area (Å²) in [6.45, 7) is 1.62. The third kappa shape index (κ3) is 4.06. The van der Waals surface area contributed by atoms with Gasteiger partial charge in [-0.25, -0.2) is 13.1 Å². The van der Waals surface area contributed by atoms with Crippen molar-refractivity contribution in [3.8, 4) is 0 Å². The minimum atomic E-state index is -3.40. The molecule has 0 amide bonds. The van der Waals surface area contributed by atoms with Crippen LogP contribution in [0.4, 0.5) is 5.69 Å². The van der Waals surface area contributed by atoms with Crippen molar-refractivity contribution in [3.63, 3.8) is 0 Å². The summed E-state index contributed by atoms with van der Waals surface area (Å²) in [4.78, 5) is 10.1. The third-order valence-electron chi connectivity index (χ3n) is 2.08. The topological polar surface area (TPSA) is 89.3 Å². The maximum absolute atomic E-state index is 11.3. The predicted octanol–water partition coefficient (Wildman–Crippen LogP) is 1.93. The first-order valence-corrected chi connectivity index (χ1v) is 7.43. The first kappa shape index (κ1) is 14.1. The number of nitrogens with one attached hydrogen (secondary N) is 1. The number of nitro groups is 1. The van der Waals surface area contributed by atoms with Crippen LogP contribution >= 0.6 is 15.9 Å². The van der Waals surface area contributed by atoms with Crippen LogP contribution in [-0.2, 0) is 10.0 Å². The van der Waals surface area contributed by atoms with Gasteiger partial charge in [-0.15, -0.1) is 0 Å². The van der Waals surface area contributed by atoms with Crippen LogP contribution in [0.3, 0.4) is 0 Å². The van der Waals surface area contributed by atoms with Gasteiger partial charge < -0.3 is 0 Å². The minimum Gasteiger partial charge on any atom is -0.258 e. The molecule has 0 saturated heterocycles. The highest BCUT2D eigenvalue weighted by molar-refractivity contribution is 9.10. The molecule has 1 unspecified atom stereocenters. The Morgan fingerprint density at radius 1 is 1.53 bits per heavy atom. The molecule has 1 N–H and O–H groups in total. The summed E-state index contributed by atoms with van der Waals surface area (Å²) in [6, 6.07) is 5.34. The highest BCUT2D eigenvalue weighted by Crippen LogP contribution is 2.19. The molecular formula is C9H11BrN2O4S. The van der Waals surface area contributed by atoms with Crippen LogP contribution in [0.1, 0.15) is 18.5 Å². The lowest BCUT2D eigenvalue weighted by Gasteiger charge is -2.12. The number of sulfonamides is 1. The number of nitrogens with zero attached hydrogens (tertiary/aromatic N) is 1. The van der Waals surface area contributed by atoms with Crippen LogP contribution in [0, 0.1) is 10.1 Å². The predicted molar refractivity (Wildman–Crippen MR) is 67.4 cm³/mol. The highest BCUT2D eigenvalue weighted by atomic mass is 79.9. The van der Waals surface area contributed by atoms with Gasteiger partial charge in [0, 0.05) is 18.2 Å². The van der Waals surface area contributed by atoms with E-state index in [0.717, 1.165) is 0 Å². The van der Waals surface area contributed by atoms with Crippen LogP contribution in [0.2, 0.25) is 0 Å². The second kappa shape index (κ2) is 5.56. The number of non-ortho nitro benzene ring substituents is 1. The lowest BCUT2D eigenvalue weighted by molar-refractivity contribution is -0.384. The monoisotopic (exact) mass is 322 g/mol. The maximum atomic E-state index is 11.3. The van der Waals surface area contributed by atoms with Crippen molar-refractivity contribution in [1.29, 1.82) is 0 Å². The SMILES string of the molecule is CC(NS(=O)(=O)CBr)c1cccc([N+](=O)[O-])c1.